The minimum Gasteiger partial charge on any atom is -0.508 e. The average molecular weight is 218 g/mol. The number of nitrogens with one attached hydrogen (secondary N) is 1. The van der Waals surface area contributed by atoms with E-state index in [9.17, 15) is 5.11 Å². The minimum atomic E-state index is 0.265. The highest BCUT2D eigenvalue weighted by Crippen LogP contribution is 2.25. The number of aromatic hydroxyl groups is 1. The van der Waals surface area contributed by atoms with Crippen LogP contribution in [0.5, 0.6) is 5.75 Å². The first-order chi connectivity index (χ1) is 7.83. The highest BCUT2D eigenvalue weighted by Gasteiger charge is 2.18. The van der Waals surface area contributed by atoms with Crippen molar-refractivity contribution in [3.63, 3.8) is 0 Å². The number of fused-ring (bicyclic) bond motifs is 1. The van der Waals surface area contributed by atoms with E-state index in [4.69, 9.17) is 4.52 Å². The molecule has 0 radical (unpaired) electrons. The van der Waals surface area contributed by atoms with Crippen LogP contribution < -0.4 is 5.32 Å². The summed E-state index contributed by atoms with van der Waals surface area (Å²) in [5.74, 6) is 0.900. The predicted octanol–water partition coefficient (Wildman–Crippen LogP) is 1.69. The summed E-state index contributed by atoms with van der Waals surface area (Å²) < 4.78 is 5.23. The van der Waals surface area contributed by atoms with Gasteiger partial charge in [0.1, 0.15) is 5.75 Å². The van der Waals surface area contributed by atoms with E-state index in [2.05, 4.69) is 10.5 Å². The number of nitrogens with zero attached hydrogens (tertiary/aromatic N) is 1. The molecular formula is C12H14N2O2. The van der Waals surface area contributed by atoms with Crippen LogP contribution in [-0.4, -0.2) is 23.4 Å². The summed E-state index contributed by atoms with van der Waals surface area (Å²) in [6, 6.07) is 5.10. The highest BCUT2D eigenvalue weighted by molar-refractivity contribution is 5.80. The van der Waals surface area contributed by atoms with Crippen LogP contribution in [0.1, 0.15) is 12.1 Å². The minimum absolute atomic E-state index is 0.265. The third-order valence-corrected chi connectivity index (χ3v) is 3.17. The Balaban J connectivity index is 1.93. The van der Waals surface area contributed by atoms with Gasteiger partial charge in [-0.25, -0.2) is 0 Å². The lowest BCUT2D eigenvalue weighted by atomic mass is 10.0. The molecule has 1 aliphatic heterocycles. The van der Waals surface area contributed by atoms with Crippen molar-refractivity contribution in [2.75, 3.05) is 13.1 Å². The fourth-order valence-electron chi connectivity index (χ4n) is 2.29. The summed E-state index contributed by atoms with van der Waals surface area (Å²) >= 11 is 0. The number of rotatable bonds is 2. The smallest absolute Gasteiger partial charge is 0.167 e. The monoisotopic (exact) mass is 218 g/mol. The van der Waals surface area contributed by atoms with Gasteiger partial charge in [0.15, 0.2) is 5.58 Å². The van der Waals surface area contributed by atoms with E-state index >= 15 is 0 Å². The molecule has 0 amide bonds. The van der Waals surface area contributed by atoms with Crippen molar-refractivity contribution >= 4 is 11.0 Å². The molecule has 1 atom stereocenters. The van der Waals surface area contributed by atoms with Crippen molar-refractivity contribution in [3.8, 4) is 5.75 Å². The van der Waals surface area contributed by atoms with Crippen molar-refractivity contribution in [1.82, 2.24) is 10.5 Å². The molecule has 1 aromatic carbocycles. The topological polar surface area (TPSA) is 58.3 Å². The molecule has 4 nitrogen and oxygen atoms in total. The largest absolute Gasteiger partial charge is 0.508 e. The summed E-state index contributed by atoms with van der Waals surface area (Å²) in [5.41, 5.74) is 1.71. The van der Waals surface area contributed by atoms with Gasteiger partial charge in [-0.2, -0.15) is 0 Å². The molecule has 4 heteroatoms. The van der Waals surface area contributed by atoms with E-state index in [1.54, 1.807) is 18.2 Å². The molecule has 2 aromatic rings. The van der Waals surface area contributed by atoms with E-state index in [1.165, 1.54) is 6.42 Å². The van der Waals surface area contributed by atoms with Gasteiger partial charge < -0.3 is 14.9 Å². The first-order valence-electron chi connectivity index (χ1n) is 5.61. The van der Waals surface area contributed by atoms with E-state index in [0.717, 1.165) is 36.2 Å². The molecule has 3 rings (SSSR count). The summed E-state index contributed by atoms with van der Waals surface area (Å²) in [7, 11) is 0. The molecular weight excluding hydrogens is 204 g/mol. The standard InChI is InChI=1S/C12H14N2O2/c15-9-1-2-12-10(6-9)11(14-16-12)5-8-3-4-13-7-8/h1-2,6,8,13,15H,3-5,7H2. The first-order valence-corrected chi connectivity index (χ1v) is 5.61. The number of hydrogen-bond acceptors (Lipinski definition) is 4. The molecule has 1 saturated heterocycles. The molecule has 0 aliphatic carbocycles. The van der Waals surface area contributed by atoms with Gasteiger partial charge in [-0.1, -0.05) is 5.16 Å². The maximum absolute atomic E-state index is 9.45. The molecule has 1 fully saturated rings. The van der Waals surface area contributed by atoms with Crippen LogP contribution in [0, 0.1) is 5.92 Å². The Morgan fingerprint density at radius 2 is 2.44 bits per heavy atom. The maximum atomic E-state index is 9.45. The van der Waals surface area contributed by atoms with Crippen molar-refractivity contribution in [3.05, 3.63) is 23.9 Å². The van der Waals surface area contributed by atoms with Crippen LogP contribution in [0.3, 0.4) is 0 Å². The van der Waals surface area contributed by atoms with Crippen molar-refractivity contribution in [2.45, 2.75) is 12.8 Å². The van der Waals surface area contributed by atoms with Gasteiger partial charge in [0, 0.05) is 5.39 Å². The fraction of sp³-hybridized carbons (Fsp3) is 0.417. The highest BCUT2D eigenvalue weighted by atomic mass is 16.5. The molecule has 0 saturated carbocycles. The number of hydrogen-bond donors (Lipinski definition) is 2. The zero-order valence-corrected chi connectivity index (χ0v) is 8.94. The average Bonchev–Trinajstić information content (AvgIpc) is 2.90. The lowest BCUT2D eigenvalue weighted by Gasteiger charge is -2.04. The maximum Gasteiger partial charge on any atom is 0.167 e. The Labute approximate surface area is 93.2 Å². The number of aromatic nitrogens is 1. The van der Waals surface area contributed by atoms with Crippen LogP contribution in [-0.2, 0) is 6.42 Å². The second-order valence-electron chi connectivity index (χ2n) is 4.37. The van der Waals surface area contributed by atoms with Gasteiger partial charge in [-0.15, -0.1) is 0 Å². The quantitative estimate of drug-likeness (QED) is 0.805. The zero-order valence-electron chi connectivity index (χ0n) is 8.94. The number of phenolic OH excluding ortho intramolecular Hbond substituents is 1. The predicted molar refractivity (Wildman–Crippen MR) is 60.4 cm³/mol. The third kappa shape index (κ3) is 1.65. The molecule has 0 spiro atoms. The molecule has 1 aliphatic rings. The van der Waals surface area contributed by atoms with Gasteiger partial charge in [0.25, 0.3) is 0 Å². The number of phenols is 1. The molecule has 16 heavy (non-hydrogen) atoms. The van der Waals surface area contributed by atoms with Gasteiger partial charge in [-0.3, -0.25) is 0 Å². The second-order valence-corrected chi connectivity index (χ2v) is 4.37. The third-order valence-electron chi connectivity index (χ3n) is 3.17. The lowest BCUT2D eigenvalue weighted by Crippen LogP contribution is -2.10. The first kappa shape index (κ1) is 9.66. The molecule has 2 heterocycles. The van der Waals surface area contributed by atoms with Crippen LogP contribution in [0.15, 0.2) is 22.7 Å². The summed E-state index contributed by atoms with van der Waals surface area (Å²) in [4.78, 5) is 0. The molecule has 2 N–H and O–H groups in total. The van der Waals surface area contributed by atoms with Gasteiger partial charge in [0.2, 0.25) is 0 Å². The molecule has 1 unspecified atom stereocenters. The molecule has 1 aromatic heterocycles. The van der Waals surface area contributed by atoms with Crippen molar-refractivity contribution < 1.29 is 9.63 Å². The van der Waals surface area contributed by atoms with E-state index in [0.29, 0.717) is 5.92 Å². The van der Waals surface area contributed by atoms with E-state index in [1.807, 2.05) is 0 Å². The van der Waals surface area contributed by atoms with Crippen molar-refractivity contribution in [2.24, 2.45) is 5.92 Å². The summed E-state index contributed by atoms with van der Waals surface area (Å²) in [6.45, 7) is 2.14. The van der Waals surface area contributed by atoms with Crippen LogP contribution in [0.25, 0.3) is 11.0 Å². The zero-order chi connectivity index (χ0) is 11.0. The Hall–Kier alpha value is -1.55. The fourth-order valence-corrected chi connectivity index (χ4v) is 2.29. The van der Waals surface area contributed by atoms with E-state index < -0.39 is 0 Å². The van der Waals surface area contributed by atoms with Crippen LogP contribution >= 0.6 is 0 Å². The Bertz CT molecular complexity index is 501. The van der Waals surface area contributed by atoms with Gasteiger partial charge in [-0.05, 0) is 50.0 Å². The van der Waals surface area contributed by atoms with E-state index in [-0.39, 0.29) is 5.75 Å². The Morgan fingerprint density at radius 1 is 1.50 bits per heavy atom. The summed E-state index contributed by atoms with van der Waals surface area (Å²) in [6.07, 6.45) is 2.11. The molecule has 0 bridgehead atoms. The Kier molecular flexibility index (Phi) is 2.29. The number of benzene rings is 1. The SMILES string of the molecule is Oc1ccc2onc(CC3CCNC3)c2c1. The normalized spacial score (nSPS) is 20.6. The van der Waals surface area contributed by atoms with Gasteiger partial charge in [0.05, 0.1) is 5.69 Å². The van der Waals surface area contributed by atoms with Gasteiger partial charge >= 0.3 is 0 Å². The molecule has 84 valence electrons. The second kappa shape index (κ2) is 3.79. The van der Waals surface area contributed by atoms with Crippen LogP contribution in [0.4, 0.5) is 0 Å². The Morgan fingerprint density at radius 3 is 3.25 bits per heavy atom. The lowest BCUT2D eigenvalue weighted by molar-refractivity contribution is 0.435. The van der Waals surface area contributed by atoms with Crippen molar-refractivity contribution in [1.29, 1.82) is 0 Å². The summed E-state index contributed by atoms with van der Waals surface area (Å²) in [5, 5.41) is 17.8. The van der Waals surface area contributed by atoms with Crippen LogP contribution in [0.2, 0.25) is 0 Å².